The molecular formula is C20H37NOSn. The van der Waals surface area contributed by atoms with Crippen molar-refractivity contribution in [2.24, 2.45) is 0 Å². The van der Waals surface area contributed by atoms with E-state index in [0.29, 0.717) is 6.42 Å². The third-order valence-corrected chi connectivity index (χ3v) is 19.2. The van der Waals surface area contributed by atoms with E-state index in [1.54, 1.807) is 0 Å². The maximum absolute atomic E-state index is 11.9. The molecule has 132 valence electrons. The van der Waals surface area contributed by atoms with Gasteiger partial charge in [-0.05, 0) is 0 Å². The Bertz CT molecular complexity index is 392. The summed E-state index contributed by atoms with van der Waals surface area (Å²) in [5.41, 5.74) is 1.15. The van der Waals surface area contributed by atoms with Crippen LogP contribution in [-0.4, -0.2) is 36.2 Å². The Morgan fingerprint density at radius 3 is 2.04 bits per heavy atom. The normalized spacial score (nSPS) is 16.3. The average Bonchev–Trinajstić information content (AvgIpc) is 2.57. The van der Waals surface area contributed by atoms with Crippen LogP contribution in [0.3, 0.4) is 0 Å². The van der Waals surface area contributed by atoms with Gasteiger partial charge in [-0.15, -0.1) is 0 Å². The van der Waals surface area contributed by atoms with E-state index in [2.05, 4.69) is 37.0 Å². The fourth-order valence-electron chi connectivity index (χ4n) is 3.45. The molecule has 0 fully saturated rings. The van der Waals surface area contributed by atoms with Crippen molar-refractivity contribution in [1.29, 1.82) is 0 Å². The Kier molecular flexibility index (Phi) is 10.2. The van der Waals surface area contributed by atoms with Gasteiger partial charge in [0, 0.05) is 0 Å². The maximum atomic E-state index is 11.9. The van der Waals surface area contributed by atoms with Crippen molar-refractivity contribution in [3.05, 3.63) is 21.9 Å². The van der Waals surface area contributed by atoms with Gasteiger partial charge in [0.15, 0.2) is 0 Å². The molecule has 0 aromatic carbocycles. The number of likely N-dealkylation sites (N-methyl/N-ethyl adjacent to an activating group) is 1. The first-order valence-electron chi connectivity index (χ1n) is 9.74. The summed E-state index contributed by atoms with van der Waals surface area (Å²) in [5, 5.41) is 0. The molecule has 0 aromatic heterocycles. The zero-order chi connectivity index (χ0) is 17.1. The Balaban J connectivity index is 2.92. The van der Waals surface area contributed by atoms with Crippen molar-refractivity contribution in [1.82, 2.24) is 4.90 Å². The van der Waals surface area contributed by atoms with Crippen molar-refractivity contribution in [2.75, 3.05) is 7.05 Å². The molecule has 0 saturated heterocycles. The number of amides is 1. The number of nitrogens with zero attached hydrogens (tertiary/aromatic N) is 1. The Morgan fingerprint density at radius 2 is 1.57 bits per heavy atom. The third-order valence-electron chi connectivity index (χ3n) is 5.17. The molecule has 0 saturated carbocycles. The van der Waals surface area contributed by atoms with Gasteiger partial charge in [-0.1, -0.05) is 0 Å². The molecule has 0 aromatic rings. The molecule has 1 amide bonds. The molecule has 1 rings (SSSR count). The van der Waals surface area contributed by atoms with E-state index < -0.39 is 18.4 Å². The van der Waals surface area contributed by atoms with Gasteiger partial charge in [0.05, 0.1) is 0 Å². The van der Waals surface area contributed by atoms with Crippen LogP contribution >= 0.6 is 0 Å². The minimum atomic E-state index is -2.21. The van der Waals surface area contributed by atoms with Gasteiger partial charge >= 0.3 is 148 Å². The topological polar surface area (TPSA) is 20.3 Å². The van der Waals surface area contributed by atoms with Crippen LogP contribution in [0.1, 0.15) is 72.1 Å². The van der Waals surface area contributed by atoms with Crippen LogP contribution in [0.2, 0.25) is 13.3 Å². The molecule has 3 heteroatoms. The number of unbranched alkanes of at least 4 members (excludes halogenated alkanes) is 3. The number of carbonyl (C=O) groups is 1. The first-order valence-corrected chi connectivity index (χ1v) is 17.4. The van der Waals surface area contributed by atoms with Crippen molar-refractivity contribution in [3.8, 4) is 0 Å². The van der Waals surface area contributed by atoms with Crippen LogP contribution in [0.25, 0.3) is 0 Å². The molecule has 0 atom stereocenters. The molecule has 23 heavy (non-hydrogen) atoms. The molecule has 1 aliphatic rings. The molecule has 2 nitrogen and oxygen atoms in total. The second-order valence-corrected chi connectivity index (χ2v) is 20.1. The van der Waals surface area contributed by atoms with Crippen molar-refractivity contribution >= 4 is 24.3 Å². The third kappa shape index (κ3) is 7.02. The molecule has 0 bridgehead atoms. The predicted octanol–water partition coefficient (Wildman–Crippen LogP) is 6.07. The van der Waals surface area contributed by atoms with Gasteiger partial charge < -0.3 is 0 Å². The monoisotopic (exact) mass is 427 g/mol. The zero-order valence-electron chi connectivity index (χ0n) is 15.9. The van der Waals surface area contributed by atoms with Crippen LogP contribution in [0.5, 0.6) is 0 Å². The molecule has 0 radical (unpaired) electrons. The fraction of sp³-hybridized carbons (Fsp3) is 0.750. The molecule has 1 aliphatic heterocycles. The first kappa shape index (κ1) is 20.8. The predicted molar refractivity (Wildman–Crippen MR) is 104 cm³/mol. The minimum absolute atomic E-state index is 0.267. The van der Waals surface area contributed by atoms with Crippen LogP contribution in [0.4, 0.5) is 0 Å². The van der Waals surface area contributed by atoms with E-state index in [0.717, 1.165) is 12.1 Å². The second kappa shape index (κ2) is 11.3. The Morgan fingerprint density at radius 1 is 1.04 bits per heavy atom. The van der Waals surface area contributed by atoms with E-state index in [-0.39, 0.29) is 5.91 Å². The van der Waals surface area contributed by atoms with Gasteiger partial charge in [-0.2, -0.15) is 0 Å². The van der Waals surface area contributed by atoms with Crippen LogP contribution in [0, 0.1) is 0 Å². The summed E-state index contributed by atoms with van der Waals surface area (Å²) in [5.74, 6) is 0.267. The van der Waals surface area contributed by atoms with Gasteiger partial charge in [-0.25, -0.2) is 0 Å². The quantitative estimate of drug-likeness (QED) is 0.368. The van der Waals surface area contributed by atoms with Crippen LogP contribution in [0.15, 0.2) is 21.9 Å². The summed E-state index contributed by atoms with van der Waals surface area (Å²) < 4.78 is 7.14. The SMILES string of the molecule is CCC[CH2][Sn](/[CH]=C/C1=CCCC(=O)N1C)([CH2]CCC)[CH2]CCC. The summed E-state index contributed by atoms with van der Waals surface area (Å²) in [4.78, 5) is 13.8. The van der Waals surface area contributed by atoms with Crippen molar-refractivity contribution in [2.45, 2.75) is 85.4 Å². The van der Waals surface area contributed by atoms with E-state index in [1.165, 1.54) is 51.8 Å². The van der Waals surface area contributed by atoms with Crippen LogP contribution < -0.4 is 0 Å². The fourth-order valence-corrected chi connectivity index (χ4v) is 17.6. The van der Waals surface area contributed by atoms with E-state index in [9.17, 15) is 4.79 Å². The summed E-state index contributed by atoms with van der Waals surface area (Å²) in [6.07, 6.45) is 14.3. The summed E-state index contributed by atoms with van der Waals surface area (Å²) in [7, 11) is 1.93. The van der Waals surface area contributed by atoms with Gasteiger partial charge in [0.2, 0.25) is 0 Å². The summed E-state index contributed by atoms with van der Waals surface area (Å²) >= 11 is -2.21. The van der Waals surface area contributed by atoms with E-state index >= 15 is 0 Å². The molecular weight excluding hydrogens is 389 g/mol. The summed E-state index contributed by atoms with van der Waals surface area (Å²) in [6, 6.07) is 0. The first-order chi connectivity index (χ1) is 11.1. The molecule has 0 N–H and O–H groups in total. The number of allylic oxidation sites excluding steroid dienone is 2. The number of rotatable bonds is 11. The molecule has 0 aliphatic carbocycles. The van der Waals surface area contributed by atoms with E-state index in [1.807, 2.05) is 11.9 Å². The molecule has 1 heterocycles. The van der Waals surface area contributed by atoms with Crippen molar-refractivity contribution in [3.63, 3.8) is 0 Å². The number of carbonyl (C=O) groups excluding carboxylic acids is 1. The van der Waals surface area contributed by atoms with Gasteiger partial charge in [0.25, 0.3) is 0 Å². The standard InChI is InChI=1S/C8H10NO.3C4H9.Sn/c1-3-7-5-4-6-8(10)9(7)2;3*1-3-4-2;/h1,3,5H,4,6H2,2H3;3*1,3-4H2,2H3;. The number of hydrogen-bond donors (Lipinski definition) is 0. The Hall–Kier alpha value is -0.251. The average molecular weight is 426 g/mol. The van der Waals surface area contributed by atoms with Gasteiger partial charge in [-0.3, -0.25) is 0 Å². The number of hydrogen-bond acceptors (Lipinski definition) is 1. The Labute approximate surface area is 148 Å². The van der Waals surface area contributed by atoms with Crippen LogP contribution in [-0.2, 0) is 4.79 Å². The molecule has 0 unspecified atom stereocenters. The summed E-state index contributed by atoms with van der Waals surface area (Å²) in [6.45, 7) is 6.95. The zero-order valence-corrected chi connectivity index (χ0v) is 18.7. The molecule has 0 spiro atoms. The van der Waals surface area contributed by atoms with Crippen molar-refractivity contribution < 1.29 is 4.79 Å². The van der Waals surface area contributed by atoms with Gasteiger partial charge in [0.1, 0.15) is 0 Å². The second-order valence-electron chi connectivity index (χ2n) is 7.13. The van der Waals surface area contributed by atoms with E-state index in [4.69, 9.17) is 0 Å².